The van der Waals surface area contributed by atoms with Gasteiger partial charge in [0.1, 0.15) is 11.9 Å². The van der Waals surface area contributed by atoms with Crippen molar-refractivity contribution < 1.29 is 13.9 Å². The summed E-state index contributed by atoms with van der Waals surface area (Å²) < 4.78 is 18.2. The van der Waals surface area contributed by atoms with Gasteiger partial charge in [-0.15, -0.1) is 0 Å². The summed E-state index contributed by atoms with van der Waals surface area (Å²) in [7, 11) is 3.60. The Morgan fingerprint density at radius 1 is 1.50 bits per heavy atom. The second-order valence-electron chi connectivity index (χ2n) is 4.44. The van der Waals surface area contributed by atoms with Crippen molar-refractivity contribution in [1.82, 2.24) is 4.81 Å². The summed E-state index contributed by atoms with van der Waals surface area (Å²) in [6.45, 7) is 1.80. The highest BCUT2D eigenvalue weighted by molar-refractivity contribution is 6.08. The van der Waals surface area contributed by atoms with Crippen molar-refractivity contribution >= 4 is 19.6 Å². The van der Waals surface area contributed by atoms with Crippen molar-refractivity contribution in [3.8, 4) is 0 Å². The molecular weight excluding hydrogens is 234 g/mol. The summed E-state index contributed by atoms with van der Waals surface area (Å²) in [6.07, 6.45) is 0. The summed E-state index contributed by atoms with van der Waals surface area (Å²) in [4.78, 5) is 15.8. The number of halogens is 1. The van der Waals surface area contributed by atoms with E-state index in [1.54, 1.807) is 19.2 Å². The van der Waals surface area contributed by atoms with E-state index in [1.165, 1.54) is 17.0 Å². The number of likely N-dealkylation sites (N-methyl/N-ethyl adjacent to an activating group) is 1. The fourth-order valence-corrected chi connectivity index (χ4v) is 1.96. The predicted octanol–water partition coefficient (Wildman–Crippen LogP) is 0.0374. The number of amides is 1. The molecule has 0 radical (unpaired) electrons. The van der Waals surface area contributed by atoms with Gasteiger partial charge >= 0.3 is 0 Å². The molecule has 1 aromatic carbocycles. The molecule has 0 saturated carbocycles. The Kier molecular flexibility index (Phi) is 3.99. The highest BCUT2D eigenvalue weighted by Crippen LogP contribution is 2.16. The molecule has 1 unspecified atom stereocenters. The molecule has 0 bridgehead atoms. The maximum atomic E-state index is 12.8. The van der Waals surface area contributed by atoms with E-state index in [0.717, 1.165) is 6.54 Å². The van der Waals surface area contributed by atoms with Crippen molar-refractivity contribution in [3.63, 3.8) is 0 Å². The second kappa shape index (κ2) is 5.50. The molecule has 18 heavy (non-hydrogen) atoms. The highest BCUT2D eigenvalue weighted by atomic mass is 19.1. The molecule has 1 saturated heterocycles. The molecule has 0 N–H and O–H groups in total. The Morgan fingerprint density at radius 2 is 2.17 bits per heavy atom. The molecular formula is C12H16BFN2O2. The van der Waals surface area contributed by atoms with Crippen LogP contribution >= 0.6 is 0 Å². The molecule has 1 aromatic rings. The molecule has 1 atom stereocenters. The van der Waals surface area contributed by atoms with Crippen LogP contribution in [0.5, 0.6) is 0 Å². The van der Waals surface area contributed by atoms with Crippen molar-refractivity contribution in [2.24, 2.45) is 0 Å². The van der Waals surface area contributed by atoms with Crippen molar-refractivity contribution in [2.75, 3.05) is 31.7 Å². The maximum Gasteiger partial charge on any atom is 0.245 e. The molecule has 1 aliphatic rings. The minimum Gasteiger partial charge on any atom is -0.378 e. The lowest BCUT2D eigenvalue weighted by molar-refractivity contribution is -0.126. The first-order valence-electron chi connectivity index (χ1n) is 5.90. The molecule has 1 heterocycles. The number of hydrogen-bond acceptors (Lipinski definition) is 3. The van der Waals surface area contributed by atoms with Crippen molar-refractivity contribution in [2.45, 2.75) is 6.04 Å². The van der Waals surface area contributed by atoms with Crippen LogP contribution < -0.4 is 4.90 Å². The van der Waals surface area contributed by atoms with E-state index in [0.29, 0.717) is 18.9 Å². The average molecular weight is 250 g/mol. The van der Waals surface area contributed by atoms with Gasteiger partial charge in [-0.05, 0) is 24.3 Å². The summed E-state index contributed by atoms with van der Waals surface area (Å²) in [5.74, 6) is -0.346. The fraction of sp³-hybridized carbons (Fsp3) is 0.417. The molecule has 0 aromatic heterocycles. The van der Waals surface area contributed by atoms with Gasteiger partial charge < -0.3 is 14.4 Å². The number of ether oxygens (including phenoxy) is 1. The number of nitrogens with zero attached hydrogens (tertiary/aromatic N) is 2. The highest BCUT2D eigenvalue weighted by Gasteiger charge is 2.29. The van der Waals surface area contributed by atoms with Gasteiger partial charge in [-0.3, -0.25) is 4.79 Å². The lowest BCUT2D eigenvalue weighted by Crippen LogP contribution is -2.53. The smallest absolute Gasteiger partial charge is 0.245 e. The van der Waals surface area contributed by atoms with Gasteiger partial charge in [-0.1, -0.05) is 0 Å². The Bertz CT molecular complexity index is 427. The molecule has 96 valence electrons. The fourth-order valence-electron chi connectivity index (χ4n) is 1.96. The van der Waals surface area contributed by atoms with E-state index < -0.39 is 0 Å². The van der Waals surface area contributed by atoms with E-state index >= 15 is 0 Å². The van der Waals surface area contributed by atoms with Crippen LogP contribution in [0.2, 0.25) is 0 Å². The van der Waals surface area contributed by atoms with E-state index in [9.17, 15) is 9.18 Å². The van der Waals surface area contributed by atoms with Crippen LogP contribution in [0.15, 0.2) is 24.3 Å². The van der Waals surface area contributed by atoms with Crippen molar-refractivity contribution in [3.05, 3.63) is 30.1 Å². The third-order valence-corrected chi connectivity index (χ3v) is 3.23. The third-order valence-electron chi connectivity index (χ3n) is 3.23. The van der Waals surface area contributed by atoms with E-state index in [4.69, 9.17) is 4.74 Å². The number of morpholine rings is 1. The van der Waals surface area contributed by atoms with Crippen LogP contribution in [-0.2, 0) is 9.53 Å². The van der Waals surface area contributed by atoms with Gasteiger partial charge in [0, 0.05) is 19.3 Å². The number of carbonyl (C=O) groups is 1. The number of carbonyl (C=O) groups excluding carboxylic acids is 1. The number of anilines is 1. The topological polar surface area (TPSA) is 32.8 Å². The maximum absolute atomic E-state index is 12.8. The second-order valence-corrected chi connectivity index (χ2v) is 4.44. The molecule has 0 spiro atoms. The Balaban J connectivity index is 2.10. The van der Waals surface area contributed by atoms with E-state index in [2.05, 4.69) is 0 Å². The van der Waals surface area contributed by atoms with Crippen LogP contribution in [-0.4, -0.2) is 51.5 Å². The molecule has 1 amide bonds. The van der Waals surface area contributed by atoms with E-state index in [-0.39, 0.29) is 17.8 Å². The standard InChI is InChI=1S/C12H16BFN2O2/c1-15(10-4-2-9(14)3-5-10)12(17)11-8-18-7-6-16(11)13/h2-5,11H,6-8,13H2,1H3. The molecule has 0 aliphatic carbocycles. The van der Waals surface area contributed by atoms with Gasteiger partial charge in [0.15, 0.2) is 7.98 Å². The van der Waals surface area contributed by atoms with Crippen LogP contribution in [0.3, 0.4) is 0 Å². The first kappa shape index (κ1) is 13.0. The number of hydrogen-bond donors (Lipinski definition) is 0. The monoisotopic (exact) mass is 250 g/mol. The zero-order valence-corrected chi connectivity index (χ0v) is 10.6. The van der Waals surface area contributed by atoms with Gasteiger partial charge in [0.25, 0.3) is 0 Å². The van der Waals surface area contributed by atoms with E-state index in [1.807, 2.05) is 12.8 Å². The average Bonchev–Trinajstić information content (AvgIpc) is 2.38. The van der Waals surface area contributed by atoms with Gasteiger partial charge in [-0.25, -0.2) is 4.39 Å². The summed E-state index contributed by atoms with van der Waals surface area (Å²) >= 11 is 0. The Morgan fingerprint density at radius 3 is 2.78 bits per heavy atom. The molecule has 4 nitrogen and oxygen atoms in total. The Labute approximate surface area is 107 Å². The summed E-state index contributed by atoms with van der Waals surface area (Å²) in [5, 5.41) is 0. The lowest BCUT2D eigenvalue weighted by Gasteiger charge is -2.34. The molecule has 1 aliphatic heterocycles. The van der Waals surface area contributed by atoms with Crippen LogP contribution in [0.1, 0.15) is 0 Å². The zero-order valence-electron chi connectivity index (χ0n) is 10.6. The number of rotatable bonds is 2. The molecule has 1 fully saturated rings. The minimum absolute atomic E-state index is 0.0381. The molecule has 2 rings (SSSR count). The normalized spacial score (nSPS) is 20.7. The van der Waals surface area contributed by atoms with Crippen LogP contribution in [0, 0.1) is 5.82 Å². The summed E-state index contributed by atoms with van der Waals surface area (Å²) in [5.41, 5.74) is 0.681. The molecule has 6 heteroatoms. The minimum atomic E-state index is -0.308. The number of benzene rings is 1. The Hall–Kier alpha value is -1.40. The summed E-state index contributed by atoms with van der Waals surface area (Å²) in [6, 6.07) is 5.61. The van der Waals surface area contributed by atoms with Crippen LogP contribution in [0.25, 0.3) is 0 Å². The first-order valence-corrected chi connectivity index (χ1v) is 5.90. The first-order chi connectivity index (χ1) is 8.59. The SMILES string of the molecule is BN1CCOCC1C(=O)N(C)c1ccc(F)cc1. The van der Waals surface area contributed by atoms with Gasteiger partial charge in [0.2, 0.25) is 5.91 Å². The third kappa shape index (κ3) is 2.71. The quantitative estimate of drug-likeness (QED) is 0.694. The van der Waals surface area contributed by atoms with Gasteiger partial charge in [0.05, 0.1) is 13.2 Å². The lowest BCUT2D eigenvalue weighted by atomic mass is 10.1. The van der Waals surface area contributed by atoms with Gasteiger partial charge in [-0.2, -0.15) is 0 Å². The largest absolute Gasteiger partial charge is 0.378 e. The van der Waals surface area contributed by atoms with Crippen LogP contribution in [0.4, 0.5) is 10.1 Å². The van der Waals surface area contributed by atoms with Crippen molar-refractivity contribution in [1.29, 1.82) is 0 Å². The predicted molar refractivity (Wildman–Crippen MR) is 69.7 cm³/mol. The zero-order chi connectivity index (χ0) is 13.1.